The van der Waals surface area contributed by atoms with Crippen LogP contribution in [0.2, 0.25) is 10.0 Å². The number of amides is 3. The van der Waals surface area contributed by atoms with E-state index in [1.165, 1.54) is 18.2 Å². The Morgan fingerprint density at radius 2 is 1.89 bits per heavy atom. The lowest BCUT2D eigenvalue weighted by molar-refractivity contribution is -0.122. The van der Waals surface area contributed by atoms with Crippen molar-refractivity contribution < 1.29 is 18.7 Å². The molecule has 2 aromatic carbocycles. The summed E-state index contributed by atoms with van der Waals surface area (Å²) in [5, 5.41) is 2.97. The molecule has 8 heteroatoms. The van der Waals surface area contributed by atoms with Gasteiger partial charge >= 0.3 is 6.03 Å². The minimum absolute atomic E-state index is 0.0949. The van der Waals surface area contributed by atoms with E-state index in [-0.39, 0.29) is 40.5 Å². The van der Waals surface area contributed by atoms with E-state index in [1.807, 2.05) is 0 Å². The highest BCUT2D eigenvalue weighted by atomic mass is 35.5. The molecule has 3 rings (SSSR count). The number of nitrogens with zero attached hydrogens (tertiary/aromatic N) is 1. The molecule has 0 bridgehead atoms. The number of imide groups is 1. The summed E-state index contributed by atoms with van der Waals surface area (Å²) in [5.41, 5.74) is 1.30. The Morgan fingerprint density at radius 3 is 2.48 bits per heavy atom. The molecule has 0 aromatic heterocycles. The molecule has 0 unspecified atom stereocenters. The summed E-state index contributed by atoms with van der Waals surface area (Å²) in [6.45, 7) is 2.08. The Labute approximate surface area is 165 Å². The standard InChI is InChI=1S/C19H15Cl2FN2O3/c1-2-24-18(25)16(23-19(24)26)9-12-7-14(20)17(15(21)8-12)27-10-11-4-3-5-13(22)6-11/h3-9H,2,10H2,1H3,(H,23,26)/b16-9+. The molecular formula is C19H15Cl2FN2O3. The van der Waals surface area contributed by atoms with E-state index in [0.717, 1.165) is 4.90 Å². The van der Waals surface area contributed by atoms with Gasteiger partial charge < -0.3 is 10.1 Å². The van der Waals surface area contributed by atoms with Crippen molar-refractivity contribution in [3.05, 3.63) is 69.1 Å². The lowest BCUT2D eigenvalue weighted by atomic mass is 10.1. The Bertz CT molecular complexity index is 923. The number of nitrogens with one attached hydrogen (secondary N) is 1. The van der Waals surface area contributed by atoms with Crippen molar-refractivity contribution in [1.82, 2.24) is 10.2 Å². The smallest absolute Gasteiger partial charge is 0.328 e. The van der Waals surface area contributed by atoms with E-state index in [2.05, 4.69) is 5.32 Å². The van der Waals surface area contributed by atoms with Gasteiger partial charge in [-0.2, -0.15) is 0 Å². The first kappa shape index (κ1) is 19.2. The first-order valence-corrected chi connectivity index (χ1v) is 8.85. The third-order valence-electron chi connectivity index (χ3n) is 3.88. The average molecular weight is 409 g/mol. The molecule has 1 N–H and O–H groups in total. The van der Waals surface area contributed by atoms with Crippen molar-refractivity contribution in [2.75, 3.05) is 6.54 Å². The van der Waals surface area contributed by atoms with Crippen molar-refractivity contribution in [3.8, 4) is 5.75 Å². The van der Waals surface area contributed by atoms with Crippen molar-refractivity contribution in [2.45, 2.75) is 13.5 Å². The number of likely N-dealkylation sites (N-methyl/N-ethyl adjacent to an activating group) is 1. The Balaban J connectivity index is 1.80. The highest BCUT2D eigenvalue weighted by Gasteiger charge is 2.32. The van der Waals surface area contributed by atoms with Gasteiger partial charge in [0.25, 0.3) is 5.91 Å². The van der Waals surface area contributed by atoms with Gasteiger partial charge in [0.1, 0.15) is 18.1 Å². The van der Waals surface area contributed by atoms with Crippen molar-refractivity contribution in [3.63, 3.8) is 0 Å². The molecule has 0 spiro atoms. The maximum Gasteiger partial charge on any atom is 0.328 e. The monoisotopic (exact) mass is 408 g/mol. The summed E-state index contributed by atoms with van der Waals surface area (Å²) < 4.78 is 18.8. The van der Waals surface area contributed by atoms with Gasteiger partial charge in [-0.15, -0.1) is 0 Å². The second-order valence-electron chi connectivity index (χ2n) is 5.77. The van der Waals surface area contributed by atoms with Gasteiger partial charge in [0.05, 0.1) is 10.0 Å². The normalized spacial score (nSPS) is 15.4. The fourth-order valence-electron chi connectivity index (χ4n) is 2.61. The van der Waals surface area contributed by atoms with E-state index in [1.54, 1.807) is 31.2 Å². The summed E-state index contributed by atoms with van der Waals surface area (Å²) in [7, 11) is 0. The van der Waals surface area contributed by atoms with Crippen LogP contribution in [0.5, 0.6) is 5.75 Å². The molecule has 1 fully saturated rings. The number of benzene rings is 2. The van der Waals surface area contributed by atoms with Crippen LogP contribution in [0.25, 0.3) is 6.08 Å². The maximum absolute atomic E-state index is 13.2. The fourth-order valence-corrected chi connectivity index (χ4v) is 3.22. The molecule has 3 amide bonds. The van der Waals surface area contributed by atoms with Gasteiger partial charge in [0.15, 0.2) is 5.75 Å². The van der Waals surface area contributed by atoms with Crippen molar-refractivity contribution in [2.24, 2.45) is 0 Å². The molecule has 1 aliphatic rings. The van der Waals surface area contributed by atoms with Crippen LogP contribution in [-0.2, 0) is 11.4 Å². The number of carbonyl (C=O) groups is 2. The maximum atomic E-state index is 13.2. The SMILES string of the molecule is CCN1C(=O)N/C(=C/c2cc(Cl)c(OCc3cccc(F)c3)c(Cl)c2)C1=O. The van der Waals surface area contributed by atoms with E-state index >= 15 is 0 Å². The summed E-state index contributed by atoms with van der Waals surface area (Å²) in [6, 6.07) is 8.66. The Kier molecular flexibility index (Phi) is 5.68. The zero-order chi connectivity index (χ0) is 19.6. The topological polar surface area (TPSA) is 58.6 Å². The zero-order valence-corrected chi connectivity index (χ0v) is 15.8. The molecule has 2 aromatic rings. The third-order valence-corrected chi connectivity index (χ3v) is 4.44. The molecule has 0 saturated carbocycles. The second kappa shape index (κ2) is 7.98. The lowest BCUT2D eigenvalue weighted by Gasteiger charge is -2.11. The molecule has 27 heavy (non-hydrogen) atoms. The summed E-state index contributed by atoms with van der Waals surface area (Å²) in [5.74, 6) is -0.525. The van der Waals surface area contributed by atoms with Crippen LogP contribution in [0.3, 0.4) is 0 Å². The highest BCUT2D eigenvalue weighted by molar-refractivity contribution is 6.37. The molecule has 140 valence electrons. The van der Waals surface area contributed by atoms with E-state index in [9.17, 15) is 14.0 Å². The van der Waals surface area contributed by atoms with Crippen molar-refractivity contribution >= 4 is 41.2 Å². The molecule has 0 radical (unpaired) electrons. The first-order valence-electron chi connectivity index (χ1n) is 8.10. The average Bonchev–Trinajstić information content (AvgIpc) is 2.87. The van der Waals surface area contributed by atoms with Crippen LogP contribution in [0.4, 0.5) is 9.18 Å². The van der Waals surface area contributed by atoms with E-state index in [4.69, 9.17) is 27.9 Å². The zero-order valence-electron chi connectivity index (χ0n) is 14.3. The van der Waals surface area contributed by atoms with Gasteiger partial charge in [0.2, 0.25) is 0 Å². The van der Waals surface area contributed by atoms with E-state index < -0.39 is 11.9 Å². The van der Waals surface area contributed by atoms with Gasteiger partial charge in [-0.25, -0.2) is 9.18 Å². The van der Waals surface area contributed by atoms with Crippen LogP contribution in [-0.4, -0.2) is 23.4 Å². The molecule has 1 aliphatic heterocycles. The number of rotatable bonds is 5. The summed E-state index contributed by atoms with van der Waals surface area (Å²) >= 11 is 12.5. The first-order chi connectivity index (χ1) is 12.9. The van der Waals surface area contributed by atoms with Crippen LogP contribution < -0.4 is 10.1 Å². The van der Waals surface area contributed by atoms with Crippen LogP contribution >= 0.6 is 23.2 Å². The largest absolute Gasteiger partial charge is 0.486 e. The predicted octanol–water partition coefficient (Wildman–Crippen LogP) is 4.62. The Hall–Kier alpha value is -2.57. The van der Waals surface area contributed by atoms with E-state index in [0.29, 0.717) is 11.1 Å². The number of carbonyl (C=O) groups excluding carboxylic acids is 2. The Morgan fingerprint density at radius 1 is 1.19 bits per heavy atom. The number of ether oxygens (including phenoxy) is 1. The summed E-state index contributed by atoms with van der Waals surface area (Å²) in [6.07, 6.45) is 1.49. The number of hydrogen-bond donors (Lipinski definition) is 1. The summed E-state index contributed by atoms with van der Waals surface area (Å²) in [4.78, 5) is 24.9. The van der Waals surface area contributed by atoms with Crippen LogP contribution in [0.15, 0.2) is 42.1 Å². The van der Waals surface area contributed by atoms with Gasteiger partial charge in [-0.1, -0.05) is 35.3 Å². The van der Waals surface area contributed by atoms with Gasteiger partial charge in [-0.05, 0) is 48.4 Å². The number of hydrogen-bond acceptors (Lipinski definition) is 3. The van der Waals surface area contributed by atoms with Crippen LogP contribution in [0, 0.1) is 5.82 Å². The van der Waals surface area contributed by atoms with Gasteiger partial charge in [0, 0.05) is 6.54 Å². The predicted molar refractivity (Wildman–Crippen MR) is 101 cm³/mol. The minimum Gasteiger partial charge on any atom is -0.486 e. The number of urea groups is 1. The van der Waals surface area contributed by atoms with Crippen LogP contribution in [0.1, 0.15) is 18.1 Å². The van der Waals surface area contributed by atoms with Gasteiger partial charge in [-0.3, -0.25) is 9.69 Å². The quantitative estimate of drug-likeness (QED) is 0.579. The van der Waals surface area contributed by atoms with Crippen molar-refractivity contribution in [1.29, 1.82) is 0 Å². The highest BCUT2D eigenvalue weighted by Crippen LogP contribution is 2.35. The molecular weight excluding hydrogens is 394 g/mol. The molecule has 0 atom stereocenters. The molecule has 0 aliphatic carbocycles. The number of halogens is 3. The minimum atomic E-state index is -0.471. The lowest BCUT2D eigenvalue weighted by Crippen LogP contribution is -2.30. The fraction of sp³-hybridized carbons (Fsp3) is 0.158. The molecule has 1 saturated heterocycles. The molecule has 5 nitrogen and oxygen atoms in total. The second-order valence-corrected chi connectivity index (χ2v) is 6.58. The third kappa shape index (κ3) is 4.23. The molecule has 1 heterocycles.